The van der Waals surface area contributed by atoms with Gasteiger partial charge in [-0.05, 0) is 39.2 Å². The zero-order valence-corrected chi connectivity index (χ0v) is 18.4. The SMILES string of the molecule is NN(C(=O)NP)C1C=C(C2=NOC(c3cc(Cl)cc(Cl)c3)(C(F)(F)F)C2)C=C[C@@H]1Cl. The van der Waals surface area contributed by atoms with Crippen molar-refractivity contribution < 1.29 is 22.8 Å². The van der Waals surface area contributed by atoms with Crippen molar-refractivity contribution >= 4 is 55.9 Å². The third-order valence-electron chi connectivity index (χ3n) is 4.66. The van der Waals surface area contributed by atoms with Crippen molar-refractivity contribution in [1.29, 1.82) is 0 Å². The van der Waals surface area contributed by atoms with Crippen LogP contribution in [0.15, 0.2) is 47.2 Å². The number of hydrogen-bond acceptors (Lipinski definition) is 4. The van der Waals surface area contributed by atoms with Crippen LogP contribution in [0.4, 0.5) is 18.0 Å². The van der Waals surface area contributed by atoms with E-state index in [-0.39, 0.29) is 21.3 Å². The van der Waals surface area contributed by atoms with Gasteiger partial charge in [0, 0.05) is 22.0 Å². The van der Waals surface area contributed by atoms with Crippen molar-refractivity contribution in [1.82, 2.24) is 10.1 Å². The van der Waals surface area contributed by atoms with Gasteiger partial charge in [0.2, 0.25) is 0 Å². The molecule has 0 radical (unpaired) electrons. The van der Waals surface area contributed by atoms with Crippen molar-refractivity contribution in [3.8, 4) is 0 Å². The van der Waals surface area contributed by atoms with Crippen molar-refractivity contribution in [2.24, 2.45) is 11.0 Å². The van der Waals surface area contributed by atoms with E-state index in [9.17, 15) is 18.0 Å². The number of rotatable bonds is 3. The molecule has 2 aliphatic rings. The molecule has 3 unspecified atom stereocenters. The number of hydrazine groups is 1. The second-order valence-corrected chi connectivity index (χ2v) is 8.23. The summed E-state index contributed by atoms with van der Waals surface area (Å²) < 4.78 is 42.3. The van der Waals surface area contributed by atoms with Crippen molar-refractivity contribution in [2.75, 3.05) is 0 Å². The standard InChI is InChI=1S/C17H15Cl3F3N4O2P/c18-10-4-9(5-11(19)6-10)16(17(21,22)23)7-13(25-29-16)8-1-2-12(20)14(3-8)27(24)15(28)26-30/h1-6,12,14H,7,24,30H2,(H,26,28)/t12-,14?,16?/m0/s1. The summed E-state index contributed by atoms with van der Waals surface area (Å²) in [4.78, 5) is 16.8. The predicted octanol–water partition coefficient (Wildman–Crippen LogP) is 4.67. The van der Waals surface area contributed by atoms with E-state index < -0.39 is 35.6 Å². The van der Waals surface area contributed by atoms with Crippen molar-refractivity contribution in [2.45, 2.75) is 29.6 Å². The smallest absolute Gasteiger partial charge is 0.374 e. The normalized spacial score (nSPS) is 26.0. The topological polar surface area (TPSA) is 80.0 Å². The largest absolute Gasteiger partial charge is 0.435 e. The third kappa shape index (κ3) is 4.27. The summed E-state index contributed by atoms with van der Waals surface area (Å²) in [5, 5.41) is 6.15. The number of amides is 2. The number of halogens is 6. The Labute approximate surface area is 187 Å². The van der Waals surface area contributed by atoms with E-state index in [0.717, 1.165) is 17.1 Å². The average molecular weight is 502 g/mol. The fourth-order valence-corrected chi connectivity index (χ4v) is 4.06. The summed E-state index contributed by atoms with van der Waals surface area (Å²) >= 11 is 18.0. The maximum atomic E-state index is 14.1. The fraction of sp³-hybridized carbons (Fsp3) is 0.294. The number of nitrogens with one attached hydrogen (secondary N) is 1. The second kappa shape index (κ2) is 8.55. The first-order chi connectivity index (χ1) is 14.0. The molecule has 1 aliphatic carbocycles. The van der Waals surface area contributed by atoms with E-state index in [2.05, 4.69) is 10.2 Å². The van der Waals surface area contributed by atoms with Gasteiger partial charge >= 0.3 is 12.2 Å². The number of carbonyl (C=O) groups excluding carboxylic acids is 1. The van der Waals surface area contributed by atoms with Crippen LogP contribution >= 0.6 is 44.2 Å². The van der Waals surface area contributed by atoms with Crippen LogP contribution in [0.25, 0.3) is 0 Å². The lowest BCUT2D eigenvalue weighted by Crippen LogP contribution is -2.51. The minimum absolute atomic E-state index is 0.00733. The Hall–Kier alpha value is -1.51. The van der Waals surface area contributed by atoms with Gasteiger partial charge in [-0.25, -0.2) is 10.6 Å². The van der Waals surface area contributed by atoms with E-state index in [1.54, 1.807) is 0 Å². The summed E-state index contributed by atoms with van der Waals surface area (Å²) in [6.07, 6.45) is -0.997. The molecular formula is C17H15Cl3F3N4O2P. The van der Waals surface area contributed by atoms with Gasteiger partial charge < -0.3 is 9.92 Å². The lowest BCUT2D eigenvalue weighted by Gasteiger charge is -2.31. The summed E-state index contributed by atoms with van der Waals surface area (Å²) in [5.74, 6) is 5.77. The number of hydrogen-bond donors (Lipinski definition) is 2. The molecular weight excluding hydrogens is 487 g/mol. The van der Waals surface area contributed by atoms with Gasteiger partial charge in [0.25, 0.3) is 5.60 Å². The molecule has 3 rings (SSSR count). The Bertz CT molecular complexity index is 936. The highest BCUT2D eigenvalue weighted by Gasteiger charge is 2.62. The zero-order chi connectivity index (χ0) is 22.3. The number of benzene rings is 1. The van der Waals surface area contributed by atoms with Gasteiger partial charge in [0.05, 0.1) is 17.1 Å². The predicted molar refractivity (Wildman–Crippen MR) is 112 cm³/mol. The van der Waals surface area contributed by atoms with Crippen LogP contribution < -0.4 is 10.9 Å². The van der Waals surface area contributed by atoms with Crippen LogP contribution in [0.1, 0.15) is 12.0 Å². The maximum absolute atomic E-state index is 14.1. The molecule has 30 heavy (non-hydrogen) atoms. The van der Waals surface area contributed by atoms with Gasteiger partial charge in [0.15, 0.2) is 0 Å². The molecule has 0 saturated heterocycles. The van der Waals surface area contributed by atoms with Crippen LogP contribution in [0, 0.1) is 0 Å². The van der Waals surface area contributed by atoms with Crippen molar-refractivity contribution in [3.05, 3.63) is 57.6 Å². The summed E-state index contributed by atoms with van der Waals surface area (Å²) in [5.41, 5.74) is -2.74. The monoisotopic (exact) mass is 500 g/mol. The molecule has 1 heterocycles. The Morgan fingerprint density at radius 2 is 1.97 bits per heavy atom. The highest BCUT2D eigenvalue weighted by Crippen LogP contribution is 2.50. The van der Waals surface area contributed by atoms with Crippen LogP contribution in [-0.4, -0.2) is 34.3 Å². The fourth-order valence-electron chi connectivity index (χ4n) is 3.12. The van der Waals surface area contributed by atoms with Gasteiger partial charge in [-0.3, -0.25) is 5.01 Å². The molecule has 0 aromatic heterocycles. The highest BCUT2D eigenvalue weighted by molar-refractivity contribution is 7.15. The Morgan fingerprint density at radius 3 is 2.53 bits per heavy atom. The first kappa shape index (κ1) is 23.2. The number of allylic oxidation sites excluding steroid dienone is 2. The summed E-state index contributed by atoms with van der Waals surface area (Å²) in [6, 6.07) is 2.11. The Kier molecular flexibility index (Phi) is 6.60. The first-order valence-electron chi connectivity index (χ1n) is 8.36. The number of alkyl halides is 4. The van der Waals surface area contributed by atoms with E-state index in [4.69, 9.17) is 45.5 Å². The molecule has 1 aliphatic heterocycles. The second-order valence-electron chi connectivity index (χ2n) is 6.56. The van der Waals surface area contributed by atoms with Gasteiger partial charge in [-0.2, -0.15) is 13.2 Å². The maximum Gasteiger partial charge on any atom is 0.435 e. The van der Waals surface area contributed by atoms with Gasteiger partial charge in [0.1, 0.15) is 0 Å². The van der Waals surface area contributed by atoms with Crippen molar-refractivity contribution in [3.63, 3.8) is 0 Å². The van der Waals surface area contributed by atoms with E-state index in [1.807, 2.05) is 9.39 Å². The number of nitrogens with zero attached hydrogens (tertiary/aromatic N) is 2. The number of oxime groups is 1. The molecule has 3 N–H and O–H groups in total. The Morgan fingerprint density at radius 1 is 1.33 bits per heavy atom. The van der Waals surface area contributed by atoms with Crippen LogP contribution in [0.5, 0.6) is 0 Å². The molecule has 2 amide bonds. The molecule has 0 bridgehead atoms. The van der Waals surface area contributed by atoms with Gasteiger partial charge in [-0.1, -0.05) is 40.5 Å². The molecule has 4 atom stereocenters. The lowest BCUT2D eigenvalue weighted by atomic mass is 9.85. The molecule has 0 fully saturated rings. The highest BCUT2D eigenvalue weighted by atomic mass is 35.5. The van der Waals surface area contributed by atoms with E-state index in [1.165, 1.54) is 24.3 Å². The first-order valence-corrected chi connectivity index (χ1v) is 10.1. The minimum Gasteiger partial charge on any atom is -0.374 e. The average Bonchev–Trinajstić information content (AvgIpc) is 3.13. The van der Waals surface area contributed by atoms with E-state index >= 15 is 0 Å². The van der Waals surface area contributed by atoms with E-state index in [0.29, 0.717) is 5.57 Å². The number of carbonyl (C=O) groups is 1. The molecule has 1 aromatic carbocycles. The van der Waals surface area contributed by atoms with Crippen LogP contribution in [0.2, 0.25) is 10.0 Å². The molecule has 1 aromatic rings. The summed E-state index contributed by atoms with van der Waals surface area (Å²) in [7, 11) is 2.00. The number of nitrogens with two attached hydrogens (primary N) is 1. The number of urea groups is 1. The quantitative estimate of drug-likeness (QED) is 0.208. The minimum atomic E-state index is -4.82. The summed E-state index contributed by atoms with van der Waals surface area (Å²) in [6.45, 7) is 0. The van der Waals surface area contributed by atoms with Crippen LogP contribution in [0.3, 0.4) is 0 Å². The third-order valence-corrected chi connectivity index (χ3v) is 5.75. The molecule has 162 valence electrons. The molecule has 13 heteroatoms. The van der Waals surface area contributed by atoms with Gasteiger partial charge in [-0.15, -0.1) is 11.6 Å². The molecule has 0 spiro atoms. The zero-order valence-electron chi connectivity index (χ0n) is 15.0. The Balaban J connectivity index is 1.96. The van der Waals surface area contributed by atoms with Crippen LogP contribution in [-0.2, 0) is 10.4 Å². The molecule has 0 saturated carbocycles. The lowest BCUT2D eigenvalue weighted by molar-refractivity contribution is -0.275. The molecule has 6 nitrogen and oxygen atoms in total.